The first-order chi connectivity index (χ1) is 18.7. The summed E-state index contributed by atoms with van der Waals surface area (Å²) in [6, 6.07) is 17.5. The van der Waals surface area contributed by atoms with E-state index >= 15 is 0 Å². The Labute approximate surface area is 236 Å². The van der Waals surface area contributed by atoms with Crippen LogP contribution in [-0.4, -0.2) is 39.7 Å². The van der Waals surface area contributed by atoms with E-state index in [1.54, 1.807) is 20.0 Å². The predicted molar refractivity (Wildman–Crippen MR) is 157 cm³/mol. The topological polar surface area (TPSA) is 65.8 Å². The van der Waals surface area contributed by atoms with E-state index in [0.29, 0.717) is 18.1 Å². The van der Waals surface area contributed by atoms with Gasteiger partial charge < -0.3 is 19.8 Å². The maximum absolute atomic E-state index is 11.7. The molecule has 204 valence electrons. The Morgan fingerprint density at radius 2 is 1.97 bits per heavy atom. The number of hydrogen-bond acceptors (Lipinski definition) is 5. The van der Waals surface area contributed by atoms with Crippen LogP contribution in [0.1, 0.15) is 61.1 Å². The highest BCUT2D eigenvalue weighted by molar-refractivity contribution is 6.30. The van der Waals surface area contributed by atoms with Gasteiger partial charge in [-0.3, -0.25) is 4.98 Å². The van der Waals surface area contributed by atoms with Crippen LogP contribution < -0.4 is 4.74 Å². The molecule has 2 unspecified atom stereocenters. The predicted octanol–water partition coefficient (Wildman–Crippen LogP) is 6.46. The van der Waals surface area contributed by atoms with Gasteiger partial charge in [-0.15, -0.1) is 6.58 Å². The molecule has 1 fully saturated rings. The summed E-state index contributed by atoms with van der Waals surface area (Å²) in [4.78, 5) is 7.02. The monoisotopic (exact) mass is 544 g/mol. The van der Waals surface area contributed by atoms with Gasteiger partial charge >= 0.3 is 0 Å². The van der Waals surface area contributed by atoms with Crippen molar-refractivity contribution in [2.24, 2.45) is 5.92 Å². The molecule has 0 aliphatic carbocycles. The third kappa shape index (κ3) is 5.82. The van der Waals surface area contributed by atoms with Crippen LogP contribution in [-0.2, 0) is 17.8 Å². The molecule has 0 bridgehead atoms. The van der Waals surface area contributed by atoms with Crippen molar-refractivity contribution in [2.75, 3.05) is 19.6 Å². The number of aromatic nitrogens is 1. The largest absolute Gasteiger partial charge is 0.487 e. The Balaban J connectivity index is 1.39. The molecular formula is C33H37ClN2O3. The molecule has 0 radical (unpaired) electrons. The average molecular weight is 545 g/mol. The fourth-order valence-corrected chi connectivity index (χ4v) is 5.95. The smallest absolute Gasteiger partial charge is 0.131 e. The van der Waals surface area contributed by atoms with E-state index < -0.39 is 11.2 Å². The van der Waals surface area contributed by atoms with E-state index in [1.165, 1.54) is 0 Å². The number of benzene rings is 2. The molecule has 2 atom stereocenters. The molecule has 39 heavy (non-hydrogen) atoms. The molecule has 6 heteroatoms. The van der Waals surface area contributed by atoms with Gasteiger partial charge in [0.2, 0.25) is 0 Å². The lowest BCUT2D eigenvalue weighted by molar-refractivity contribution is -0.0765. The summed E-state index contributed by atoms with van der Waals surface area (Å²) in [5, 5.41) is 23.1. The number of nitrogens with zero attached hydrogens (tertiary/aromatic N) is 2. The molecule has 1 aromatic heterocycles. The lowest BCUT2D eigenvalue weighted by Gasteiger charge is -2.45. The average Bonchev–Trinajstić information content (AvgIpc) is 3.07. The van der Waals surface area contributed by atoms with Crippen LogP contribution in [0.3, 0.4) is 0 Å². The lowest BCUT2D eigenvalue weighted by atomic mass is 9.74. The first-order valence-electron chi connectivity index (χ1n) is 13.6. The van der Waals surface area contributed by atoms with Crippen LogP contribution in [0.25, 0.3) is 5.57 Å². The number of allylic oxidation sites excluding steroid dienone is 1. The number of likely N-dealkylation sites (tertiary alicyclic amines) is 1. The van der Waals surface area contributed by atoms with E-state index in [9.17, 15) is 10.2 Å². The van der Waals surface area contributed by atoms with Crippen molar-refractivity contribution in [3.63, 3.8) is 0 Å². The Hall–Kier alpha value is -2.96. The fraction of sp³-hybridized carbons (Fsp3) is 0.364. The molecule has 2 N–H and O–H groups in total. The zero-order valence-corrected chi connectivity index (χ0v) is 23.5. The van der Waals surface area contributed by atoms with Gasteiger partial charge in [-0.05, 0) is 80.1 Å². The lowest BCUT2D eigenvalue weighted by Crippen LogP contribution is -2.50. The zero-order chi connectivity index (χ0) is 27.6. The number of hydrogen-bond donors (Lipinski definition) is 2. The molecule has 2 aromatic carbocycles. The molecule has 2 aliphatic heterocycles. The second-order valence-corrected chi connectivity index (χ2v) is 11.6. The molecule has 1 saturated heterocycles. The molecular weight excluding hydrogens is 508 g/mol. The summed E-state index contributed by atoms with van der Waals surface area (Å²) in [6.07, 6.45) is 8.19. The summed E-state index contributed by atoms with van der Waals surface area (Å²) < 4.78 is 6.14. The van der Waals surface area contributed by atoms with E-state index in [-0.39, 0.29) is 5.92 Å². The zero-order valence-electron chi connectivity index (χ0n) is 22.7. The Morgan fingerprint density at radius 3 is 2.72 bits per heavy atom. The number of halogens is 1. The van der Waals surface area contributed by atoms with Gasteiger partial charge in [0.25, 0.3) is 0 Å². The maximum atomic E-state index is 11.7. The van der Waals surface area contributed by atoms with Gasteiger partial charge in [0.15, 0.2) is 0 Å². The standard InChI is InChI=1S/C33H37ClN2O3/c1-4-7-25-21-36(19-16-33(25,38)23-10-13-26(34)14-11-23)18-6-9-27-28-8-5-17-35-30(28)22-39-31-15-12-24(20-29(27)31)32(2,3)37/h4-5,8-15,17,20,25,37-38H,1,6-7,16,18-19,21-22H2,2-3H3. The molecule has 3 aromatic rings. The van der Waals surface area contributed by atoms with Crippen LogP contribution in [0.2, 0.25) is 5.02 Å². The van der Waals surface area contributed by atoms with E-state index in [2.05, 4.69) is 28.6 Å². The highest BCUT2D eigenvalue weighted by Gasteiger charge is 2.41. The first-order valence-corrected chi connectivity index (χ1v) is 14.0. The number of rotatable bonds is 7. The molecule has 5 nitrogen and oxygen atoms in total. The number of fused-ring (bicyclic) bond motifs is 2. The van der Waals surface area contributed by atoms with Gasteiger partial charge in [-0.1, -0.05) is 48.0 Å². The number of aliphatic hydroxyl groups is 2. The van der Waals surface area contributed by atoms with Crippen molar-refractivity contribution in [2.45, 2.75) is 50.9 Å². The minimum absolute atomic E-state index is 0.0452. The first kappa shape index (κ1) is 27.6. The van der Waals surface area contributed by atoms with Crippen LogP contribution in [0.4, 0.5) is 0 Å². The van der Waals surface area contributed by atoms with Crippen molar-refractivity contribution < 1.29 is 14.9 Å². The molecule has 0 amide bonds. The van der Waals surface area contributed by atoms with Crippen molar-refractivity contribution >= 4 is 17.2 Å². The maximum Gasteiger partial charge on any atom is 0.131 e. The SMILES string of the molecule is C=CCC1CN(CCC=C2c3cc(C(C)(C)O)ccc3OCc3ncccc32)CCC1(O)c1ccc(Cl)cc1. The Morgan fingerprint density at radius 1 is 1.18 bits per heavy atom. The molecule has 0 spiro atoms. The van der Waals surface area contributed by atoms with Crippen molar-refractivity contribution in [3.05, 3.63) is 112 Å². The molecule has 2 aliphatic rings. The summed E-state index contributed by atoms with van der Waals surface area (Å²) in [6.45, 7) is 10.4. The quantitative estimate of drug-likeness (QED) is 0.334. The van der Waals surface area contributed by atoms with E-state index in [4.69, 9.17) is 16.3 Å². The van der Waals surface area contributed by atoms with Gasteiger partial charge in [0.05, 0.1) is 16.9 Å². The number of piperidine rings is 1. The Kier molecular flexibility index (Phi) is 7.97. The van der Waals surface area contributed by atoms with Gasteiger partial charge in [0.1, 0.15) is 12.4 Å². The van der Waals surface area contributed by atoms with Crippen molar-refractivity contribution in [1.29, 1.82) is 0 Å². The van der Waals surface area contributed by atoms with Crippen LogP contribution in [0, 0.1) is 5.92 Å². The molecule has 0 saturated carbocycles. The van der Waals surface area contributed by atoms with Crippen molar-refractivity contribution in [1.82, 2.24) is 9.88 Å². The minimum atomic E-state index is -0.959. The highest BCUT2D eigenvalue weighted by Crippen LogP contribution is 2.41. The number of pyridine rings is 1. The van der Waals surface area contributed by atoms with Crippen LogP contribution in [0.15, 0.2) is 79.5 Å². The normalized spacial score (nSPS) is 22.5. The highest BCUT2D eigenvalue weighted by atomic mass is 35.5. The molecule has 3 heterocycles. The summed E-state index contributed by atoms with van der Waals surface area (Å²) in [7, 11) is 0. The molecule has 5 rings (SSSR count). The van der Waals surface area contributed by atoms with Crippen molar-refractivity contribution in [3.8, 4) is 5.75 Å². The van der Waals surface area contributed by atoms with Crippen LogP contribution in [0.5, 0.6) is 5.75 Å². The van der Waals surface area contributed by atoms with Crippen LogP contribution >= 0.6 is 11.6 Å². The van der Waals surface area contributed by atoms with E-state index in [1.807, 2.05) is 54.6 Å². The fourth-order valence-electron chi connectivity index (χ4n) is 5.83. The van der Waals surface area contributed by atoms with Gasteiger partial charge in [-0.2, -0.15) is 0 Å². The third-order valence-corrected chi connectivity index (χ3v) is 8.33. The Bertz CT molecular complexity index is 1360. The second-order valence-electron chi connectivity index (χ2n) is 11.2. The van der Waals surface area contributed by atoms with Gasteiger partial charge in [-0.25, -0.2) is 0 Å². The summed E-state index contributed by atoms with van der Waals surface area (Å²) in [5.41, 5.74) is 3.92. The van der Waals surface area contributed by atoms with E-state index in [0.717, 1.165) is 71.7 Å². The summed E-state index contributed by atoms with van der Waals surface area (Å²) >= 11 is 6.11. The summed E-state index contributed by atoms with van der Waals surface area (Å²) in [5.74, 6) is 0.841. The minimum Gasteiger partial charge on any atom is -0.487 e. The second kappa shape index (κ2) is 11.3. The van der Waals surface area contributed by atoms with Gasteiger partial charge in [0, 0.05) is 47.9 Å². The number of ether oxygens (including phenoxy) is 1. The third-order valence-electron chi connectivity index (χ3n) is 8.07.